The normalized spacial score (nSPS) is 11.4. The van der Waals surface area contributed by atoms with Gasteiger partial charge in [-0.15, -0.1) is 0 Å². The Hall–Kier alpha value is -3.64. The summed E-state index contributed by atoms with van der Waals surface area (Å²) in [7, 11) is 0. The monoisotopic (exact) mass is 430 g/mol. The van der Waals surface area contributed by atoms with Crippen LogP contribution in [-0.4, -0.2) is 24.5 Å². The third kappa shape index (κ3) is 6.96. The molecular formula is C26H30N4O2. The van der Waals surface area contributed by atoms with E-state index in [1.165, 1.54) is 0 Å². The molecule has 0 unspecified atom stereocenters. The van der Waals surface area contributed by atoms with Gasteiger partial charge in [0.25, 0.3) is 0 Å². The van der Waals surface area contributed by atoms with Crippen LogP contribution >= 0.6 is 0 Å². The van der Waals surface area contributed by atoms with Crippen molar-refractivity contribution in [3.63, 3.8) is 0 Å². The molecule has 1 atom stereocenters. The lowest BCUT2D eigenvalue weighted by atomic mass is 10.1. The van der Waals surface area contributed by atoms with Crippen molar-refractivity contribution >= 4 is 23.3 Å². The largest absolute Gasteiger partial charge is 0.330 e. The predicted molar refractivity (Wildman–Crippen MR) is 131 cm³/mol. The van der Waals surface area contributed by atoms with E-state index < -0.39 is 12.1 Å². The van der Waals surface area contributed by atoms with Crippen LogP contribution < -0.4 is 21.7 Å². The van der Waals surface area contributed by atoms with Gasteiger partial charge in [-0.05, 0) is 68.1 Å². The first-order valence-corrected chi connectivity index (χ1v) is 10.9. The van der Waals surface area contributed by atoms with Crippen LogP contribution in [0.15, 0.2) is 78.9 Å². The minimum Gasteiger partial charge on any atom is -0.330 e. The summed E-state index contributed by atoms with van der Waals surface area (Å²) >= 11 is 0. The molecule has 166 valence electrons. The van der Waals surface area contributed by atoms with Crippen molar-refractivity contribution in [2.24, 2.45) is 5.73 Å². The van der Waals surface area contributed by atoms with Crippen molar-refractivity contribution in [2.45, 2.75) is 32.2 Å². The number of anilines is 2. The number of unbranched alkanes of at least 4 members (excludes halogenated alkanes) is 1. The number of nitrogens with two attached hydrogens (primary N) is 1. The Balaban J connectivity index is 1.61. The van der Waals surface area contributed by atoms with Crippen LogP contribution in [0.1, 0.15) is 24.8 Å². The molecule has 3 amide bonds. The number of benzene rings is 3. The molecule has 0 fully saturated rings. The lowest BCUT2D eigenvalue weighted by Gasteiger charge is -2.19. The second-order valence-corrected chi connectivity index (χ2v) is 7.73. The van der Waals surface area contributed by atoms with Crippen molar-refractivity contribution < 1.29 is 9.59 Å². The number of urea groups is 1. The van der Waals surface area contributed by atoms with E-state index in [9.17, 15) is 9.59 Å². The highest BCUT2D eigenvalue weighted by Crippen LogP contribution is 2.21. The molecule has 0 radical (unpaired) electrons. The summed E-state index contributed by atoms with van der Waals surface area (Å²) in [5, 5.41) is 8.49. The third-order valence-corrected chi connectivity index (χ3v) is 5.14. The maximum absolute atomic E-state index is 12.8. The molecule has 3 rings (SSSR count). The molecule has 0 heterocycles. The molecule has 6 nitrogen and oxygen atoms in total. The molecule has 6 heteroatoms. The van der Waals surface area contributed by atoms with Gasteiger partial charge in [0.15, 0.2) is 0 Å². The van der Waals surface area contributed by atoms with Gasteiger partial charge in [-0.3, -0.25) is 4.79 Å². The third-order valence-electron chi connectivity index (χ3n) is 5.14. The Bertz CT molecular complexity index is 1000. The van der Waals surface area contributed by atoms with Gasteiger partial charge >= 0.3 is 6.03 Å². The van der Waals surface area contributed by atoms with E-state index in [4.69, 9.17) is 5.73 Å². The van der Waals surface area contributed by atoms with E-state index in [0.717, 1.165) is 29.5 Å². The maximum Gasteiger partial charge on any atom is 0.319 e. The first-order chi connectivity index (χ1) is 15.5. The van der Waals surface area contributed by atoms with Crippen LogP contribution in [0.5, 0.6) is 0 Å². The molecule has 0 saturated heterocycles. The van der Waals surface area contributed by atoms with Gasteiger partial charge < -0.3 is 21.7 Å². The lowest BCUT2D eigenvalue weighted by Crippen LogP contribution is -2.45. The average Bonchev–Trinajstić information content (AvgIpc) is 2.81. The molecule has 0 aliphatic rings. The van der Waals surface area contributed by atoms with Crippen LogP contribution in [0.25, 0.3) is 11.1 Å². The number of amides is 3. The zero-order valence-electron chi connectivity index (χ0n) is 18.3. The molecule has 32 heavy (non-hydrogen) atoms. The fourth-order valence-electron chi connectivity index (χ4n) is 3.33. The summed E-state index contributed by atoms with van der Waals surface area (Å²) in [4.78, 5) is 25.4. The van der Waals surface area contributed by atoms with Crippen molar-refractivity contribution in [1.29, 1.82) is 0 Å². The summed E-state index contributed by atoms with van der Waals surface area (Å²) in [5.74, 6) is -0.250. The Morgan fingerprint density at radius 1 is 0.781 bits per heavy atom. The topological polar surface area (TPSA) is 96.2 Å². The summed E-state index contributed by atoms with van der Waals surface area (Å²) in [5.41, 5.74) is 10.2. The van der Waals surface area contributed by atoms with Gasteiger partial charge in [-0.1, -0.05) is 60.2 Å². The number of carbonyl (C=O) groups is 2. The number of hydrogen-bond donors (Lipinski definition) is 4. The SMILES string of the molecule is Cc1ccc(NC(=O)[C@@H](CCCCN)NC(=O)Nc2ccc(-c3ccccc3)cc2)cc1. The molecule has 0 aliphatic heterocycles. The van der Waals surface area contributed by atoms with E-state index >= 15 is 0 Å². The van der Waals surface area contributed by atoms with Crippen molar-refractivity contribution in [2.75, 3.05) is 17.2 Å². The second kappa shape index (κ2) is 11.7. The molecule has 0 saturated carbocycles. The fourth-order valence-corrected chi connectivity index (χ4v) is 3.33. The van der Waals surface area contributed by atoms with E-state index in [1.54, 1.807) is 0 Å². The van der Waals surface area contributed by atoms with Gasteiger partial charge in [0.05, 0.1) is 0 Å². The number of rotatable bonds is 9. The van der Waals surface area contributed by atoms with Crippen molar-refractivity contribution in [3.05, 3.63) is 84.4 Å². The Morgan fingerprint density at radius 2 is 1.38 bits per heavy atom. The Morgan fingerprint density at radius 3 is 2.03 bits per heavy atom. The Kier molecular flexibility index (Phi) is 8.40. The van der Waals surface area contributed by atoms with E-state index in [1.807, 2.05) is 85.8 Å². The number of carbonyl (C=O) groups excluding carboxylic acids is 2. The first kappa shape index (κ1) is 23.0. The molecule has 0 aliphatic carbocycles. The smallest absolute Gasteiger partial charge is 0.319 e. The van der Waals surface area contributed by atoms with Crippen LogP contribution in [-0.2, 0) is 4.79 Å². The summed E-state index contributed by atoms with van der Waals surface area (Å²) < 4.78 is 0. The van der Waals surface area contributed by atoms with Gasteiger partial charge in [-0.2, -0.15) is 0 Å². The predicted octanol–water partition coefficient (Wildman–Crippen LogP) is 4.92. The Labute approximate surface area is 189 Å². The number of hydrogen-bond acceptors (Lipinski definition) is 3. The maximum atomic E-state index is 12.8. The van der Waals surface area contributed by atoms with Crippen LogP contribution in [0, 0.1) is 6.92 Å². The lowest BCUT2D eigenvalue weighted by molar-refractivity contribution is -0.118. The summed E-state index contributed by atoms with van der Waals surface area (Å²) in [6.45, 7) is 2.53. The number of nitrogens with one attached hydrogen (secondary N) is 3. The van der Waals surface area contributed by atoms with Crippen LogP contribution in [0.3, 0.4) is 0 Å². The standard InChI is InChI=1S/C26H30N4O2/c1-19-10-14-22(15-11-19)28-25(31)24(9-5-6-18-27)30-26(32)29-23-16-12-21(13-17-23)20-7-3-2-4-8-20/h2-4,7-8,10-17,24H,5-6,9,18,27H2,1H3,(H,28,31)(H2,29,30,32)/t24-/m1/s1. The van der Waals surface area contributed by atoms with Crippen molar-refractivity contribution in [1.82, 2.24) is 5.32 Å². The minimum atomic E-state index is -0.661. The average molecular weight is 431 g/mol. The minimum absolute atomic E-state index is 0.250. The quantitative estimate of drug-likeness (QED) is 0.363. The van der Waals surface area contributed by atoms with E-state index in [0.29, 0.717) is 24.3 Å². The first-order valence-electron chi connectivity index (χ1n) is 10.9. The van der Waals surface area contributed by atoms with Crippen LogP contribution in [0.4, 0.5) is 16.2 Å². The van der Waals surface area contributed by atoms with Gasteiger partial charge in [0.1, 0.15) is 6.04 Å². The zero-order chi connectivity index (χ0) is 22.8. The molecular weight excluding hydrogens is 400 g/mol. The second-order valence-electron chi connectivity index (χ2n) is 7.73. The molecule has 0 aromatic heterocycles. The van der Waals surface area contributed by atoms with Crippen LogP contribution in [0.2, 0.25) is 0 Å². The van der Waals surface area contributed by atoms with Crippen molar-refractivity contribution in [3.8, 4) is 11.1 Å². The highest BCUT2D eigenvalue weighted by molar-refractivity contribution is 5.99. The van der Waals surface area contributed by atoms with E-state index in [-0.39, 0.29) is 5.91 Å². The molecule has 3 aromatic rings. The molecule has 5 N–H and O–H groups in total. The van der Waals surface area contributed by atoms with E-state index in [2.05, 4.69) is 16.0 Å². The number of aryl methyl sites for hydroxylation is 1. The molecule has 0 bridgehead atoms. The molecule has 3 aromatic carbocycles. The zero-order valence-corrected chi connectivity index (χ0v) is 18.3. The summed E-state index contributed by atoms with van der Waals surface area (Å²) in [6.07, 6.45) is 2.04. The van der Waals surface area contributed by atoms with Gasteiger partial charge in [0, 0.05) is 11.4 Å². The highest BCUT2D eigenvalue weighted by atomic mass is 16.2. The van der Waals surface area contributed by atoms with Gasteiger partial charge in [0.2, 0.25) is 5.91 Å². The fraction of sp³-hybridized carbons (Fsp3) is 0.231. The summed E-state index contributed by atoms with van der Waals surface area (Å²) in [6, 6.07) is 24.1. The van der Waals surface area contributed by atoms with Gasteiger partial charge in [-0.25, -0.2) is 4.79 Å². The molecule has 0 spiro atoms. The highest BCUT2D eigenvalue weighted by Gasteiger charge is 2.20.